The Morgan fingerprint density at radius 2 is 1.88 bits per heavy atom. The number of likely N-dealkylation sites (tertiary alicyclic amines) is 2. The van der Waals surface area contributed by atoms with Gasteiger partial charge in [-0.2, -0.15) is 0 Å². The van der Waals surface area contributed by atoms with E-state index in [0.29, 0.717) is 17.6 Å². The largest absolute Gasteiger partial charge is 0.454 e. The summed E-state index contributed by atoms with van der Waals surface area (Å²) in [5.41, 5.74) is 2.16. The molecule has 0 amide bonds. The van der Waals surface area contributed by atoms with Crippen LogP contribution in [-0.2, 0) is 6.54 Å². The molecule has 4 heteroatoms. The van der Waals surface area contributed by atoms with Gasteiger partial charge in [0.25, 0.3) is 0 Å². The second-order valence-electron chi connectivity index (χ2n) is 9.49. The van der Waals surface area contributed by atoms with Gasteiger partial charge in [0, 0.05) is 31.7 Å². The van der Waals surface area contributed by atoms with Crippen LogP contribution in [0.25, 0.3) is 0 Å². The molecule has 3 aliphatic rings. The van der Waals surface area contributed by atoms with Crippen LogP contribution in [-0.4, -0.2) is 49.3 Å². The third-order valence-corrected chi connectivity index (χ3v) is 5.83. The maximum absolute atomic E-state index is 5.69. The lowest BCUT2D eigenvalue weighted by molar-refractivity contribution is 0.0672. The molecular weight excluding hydrogens is 312 g/mol. The maximum Gasteiger partial charge on any atom is 0.231 e. The van der Waals surface area contributed by atoms with Crippen molar-refractivity contribution in [1.29, 1.82) is 0 Å². The summed E-state index contributed by atoms with van der Waals surface area (Å²) in [5.74, 6) is 1.86. The van der Waals surface area contributed by atoms with Gasteiger partial charge in [0.1, 0.15) is 0 Å². The molecule has 2 saturated heterocycles. The first kappa shape index (κ1) is 17.2. The van der Waals surface area contributed by atoms with E-state index in [1.54, 1.807) is 0 Å². The molecule has 0 N–H and O–H groups in total. The number of benzene rings is 1. The summed E-state index contributed by atoms with van der Waals surface area (Å²) >= 11 is 0. The van der Waals surface area contributed by atoms with E-state index in [-0.39, 0.29) is 0 Å². The van der Waals surface area contributed by atoms with Gasteiger partial charge in [0.15, 0.2) is 11.5 Å². The molecule has 3 aliphatic heterocycles. The minimum Gasteiger partial charge on any atom is -0.454 e. The summed E-state index contributed by atoms with van der Waals surface area (Å²) in [5, 5.41) is 0. The Morgan fingerprint density at radius 3 is 2.72 bits per heavy atom. The third kappa shape index (κ3) is 3.80. The lowest BCUT2D eigenvalue weighted by Crippen LogP contribution is -2.47. The molecule has 1 aromatic carbocycles. The van der Waals surface area contributed by atoms with Crippen LogP contribution in [0.3, 0.4) is 0 Å². The van der Waals surface area contributed by atoms with Gasteiger partial charge in [-0.1, -0.05) is 32.9 Å². The number of hydrogen-bond acceptors (Lipinski definition) is 4. The summed E-state index contributed by atoms with van der Waals surface area (Å²) in [6.45, 7) is 14.6. The van der Waals surface area contributed by atoms with E-state index in [9.17, 15) is 0 Å². The van der Waals surface area contributed by atoms with E-state index in [1.165, 1.54) is 57.5 Å². The van der Waals surface area contributed by atoms with Gasteiger partial charge in [0.2, 0.25) is 6.79 Å². The Hall–Kier alpha value is -1.26. The monoisotopic (exact) mass is 344 g/mol. The van der Waals surface area contributed by atoms with Gasteiger partial charge in [-0.25, -0.2) is 0 Å². The molecule has 0 bridgehead atoms. The first-order chi connectivity index (χ1) is 11.9. The number of fused-ring (bicyclic) bond motifs is 1. The Bertz CT molecular complexity index is 625. The lowest BCUT2D eigenvalue weighted by Gasteiger charge is -2.42. The first-order valence-corrected chi connectivity index (χ1v) is 9.75. The van der Waals surface area contributed by atoms with E-state index >= 15 is 0 Å². The minimum atomic E-state index is 0.359. The molecule has 4 nitrogen and oxygen atoms in total. The summed E-state index contributed by atoms with van der Waals surface area (Å²) in [4.78, 5) is 5.34. The van der Waals surface area contributed by atoms with Crippen molar-refractivity contribution in [2.75, 3.05) is 39.5 Å². The quantitative estimate of drug-likeness (QED) is 0.834. The zero-order valence-electron chi connectivity index (χ0n) is 16.0. The summed E-state index contributed by atoms with van der Waals surface area (Å²) in [6.07, 6.45) is 4.07. The number of ether oxygens (including phenoxy) is 2. The molecule has 1 aromatic rings. The third-order valence-electron chi connectivity index (χ3n) is 5.83. The Labute approximate surface area is 152 Å². The van der Waals surface area contributed by atoms with E-state index < -0.39 is 0 Å². The zero-order valence-corrected chi connectivity index (χ0v) is 16.0. The standard InChI is InChI=1S/C21H32N2O2/c1-20(2,3)13-23-10-5-8-21(15-23)9-11-22(14-21)12-17-6-4-7-18-19(17)25-16-24-18/h4,6-7H,5,8-16H2,1-3H3. The SMILES string of the molecule is CC(C)(C)CN1CCCC2(CCN(Cc3cccc4c3OCO4)C2)C1. The fourth-order valence-corrected chi connectivity index (χ4v) is 4.97. The molecule has 4 rings (SSSR count). The second-order valence-corrected chi connectivity index (χ2v) is 9.49. The maximum atomic E-state index is 5.69. The topological polar surface area (TPSA) is 24.9 Å². The summed E-state index contributed by atoms with van der Waals surface area (Å²) in [6, 6.07) is 6.27. The Kier molecular flexibility index (Phi) is 4.45. The molecule has 0 aliphatic carbocycles. The highest BCUT2D eigenvalue weighted by Crippen LogP contribution is 2.42. The fourth-order valence-electron chi connectivity index (χ4n) is 4.97. The molecule has 138 valence electrons. The number of piperidine rings is 1. The van der Waals surface area contributed by atoms with Crippen LogP contribution in [0.4, 0.5) is 0 Å². The van der Waals surface area contributed by atoms with Crippen molar-refractivity contribution in [3.05, 3.63) is 23.8 Å². The highest BCUT2D eigenvalue weighted by Gasteiger charge is 2.41. The van der Waals surface area contributed by atoms with Crippen LogP contribution in [0.2, 0.25) is 0 Å². The molecule has 0 radical (unpaired) electrons. The highest BCUT2D eigenvalue weighted by molar-refractivity contribution is 5.48. The molecule has 0 aromatic heterocycles. The van der Waals surface area contributed by atoms with Gasteiger partial charge >= 0.3 is 0 Å². The van der Waals surface area contributed by atoms with Crippen molar-refractivity contribution < 1.29 is 9.47 Å². The summed E-state index contributed by atoms with van der Waals surface area (Å²) in [7, 11) is 0. The molecule has 1 unspecified atom stereocenters. The highest BCUT2D eigenvalue weighted by atomic mass is 16.7. The van der Waals surface area contributed by atoms with Crippen molar-refractivity contribution in [3.63, 3.8) is 0 Å². The van der Waals surface area contributed by atoms with Gasteiger partial charge < -0.3 is 14.4 Å². The summed E-state index contributed by atoms with van der Waals surface area (Å²) < 4.78 is 11.2. The van der Waals surface area contributed by atoms with Gasteiger partial charge in [-0.15, -0.1) is 0 Å². The van der Waals surface area contributed by atoms with Crippen LogP contribution >= 0.6 is 0 Å². The molecular formula is C21H32N2O2. The smallest absolute Gasteiger partial charge is 0.231 e. The van der Waals surface area contributed by atoms with Gasteiger partial charge in [-0.05, 0) is 49.2 Å². The van der Waals surface area contributed by atoms with E-state index in [2.05, 4.69) is 42.7 Å². The molecule has 3 heterocycles. The fraction of sp³-hybridized carbons (Fsp3) is 0.714. The molecule has 0 saturated carbocycles. The predicted octanol–water partition coefficient (Wildman–Crippen LogP) is 3.75. The van der Waals surface area contributed by atoms with Crippen LogP contribution in [0.15, 0.2) is 18.2 Å². The van der Waals surface area contributed by atoms with Crippen molar-refractivity contribution in [2.45, 2.75) is 46.6 Å². The van der Waals surface area contributed by atoms with Crippen molar-refractivity contribution >= 4 is 0 Å². The average molecular weight is 344 g/mol. The second kappa shape index (κ2) is 6.48. The van der Waals surface area contributed by atoms with E-state index in [1.807, 2.05) is 6.07 Å². The van der Waals surface area contributed by atoms with E-state index in [4.69, 9.17) is 9.47 Å². The van der Waals surface area contributed by atoms with Crippen LogP contribution in [0.5, 0.6) is 11.5 Å². The number of rotatable bonds is 3. The Morgan fingerprint density at radius 1 is 1.04 bits per heavy atom. The zero-order chi connectivity index (χ0) is 17.5. The number of nitrogens with zero attached hydrogens (tertiary/aromatic N) is 2. The first-order valence-electron chi connectivity index (χ1n) is 9.75. The van der Waals surface area contributed by atoms with Crippen molar-refractivity contribution in [3.8, 4) is 11.5 Å². The van der Waals surface area contributed by atoms with Gasteiger partial charge in [0.05, 0.1) is 0 Å². The van der Waals surface area contributed by atoms with Crippen molar-refractivity contribution in [2.24, 2.45) is 10.8 Å². The Balaban J connectivity index is 1.40. The minimum absolute atomic E-state index is 0.359. The lowest BCUT2D eigenvalue weighted by atomic mass is 9.78. The van der Waals surface area contributed by atoms with Gasteiger partial charge in [-0.3, -0.25) is 4.90 Å². The predicted molar refractivity (Wildman–Crippen MR) is 100 cm³/mol. The van der Waals surface area contributed by atoms with Crippen LogP contribution in [0.1, 0.15) is 45.6 Å². The number of para-hydroxylation sites is 1. The molecule has 1 atom stereocenters. The molecule has 2 fully saturated rings. The number of hydrogen-bond donors (Lipinski definition) is 0. The van der Waals surface area contributed by atoms with Crippen LogP contribution < -0.4 is 9.47 Å². The molecule has 1 spiro atoms. The normalized spacial score (nSPS) is 27.3. The molecule has 25 heavy (non-hydrogen) atoms. The van der Waals surface area contributed by atoms with Crippen molar-refractivity contribution in [1.82, 2.24) is 9.80 Å². The average Bonchev–Trinajstić information content (AvgIpc) is 3.14. The van der Waals surface area contributed by atoms with E-state index in [0.717, 1.165) is 18.0 Å². The van der Waals surface area contributed by atoms with Crippen LogP contribution in [0, 0.1) is 10.8 Å².